The van der Waals surface area contributed by atoms with Crippen molar-refractivity contribution >= 4 is 29.2 Å². The van der Waals surface area contributed by atoms with Crippen LogP contribution in [-0.2, 0) is 17.9 Å². The maximum atomic E-state index is 12.7. The van der Waals surface area contributed by atoms with Crippen LogP contribution in [0.4, 0.5) is 10.5 Å². The Morgan fingerprint density at radius 1 is 1.26 bits per heavy atom. The van der Waals surface area contributed by atoms with Gasteiger partial charge in [-0.15, -0.1) is 0 Å². The van der Waals surface area contributed by atoms with Crippen molar-refractivity contribution in [2.45, 2.75) is 33.0 Å². The number of nitrogens with zero attached hydrogens (tertiary/aromatic N) is 1. The highest BCUT2D eigenvalue weighted by Gasteiger charge is 2.28. The Bertz CT molecular complexity index is 839. The van der Waals surface area contributed by atoms with E-state index in [0.717, 1.165) is 11.1 Å². The minimum Gasteiger partial charge on any atom is -0.481 e. The first-order valence-electron chi connectivity index (χ1n) is 8.84. The molecule has 0 unspecified atom stereocenters. The van der Waals surface area contributed by atoms with E-state index in [1.807, 2.05) is 25.1 Å². The Hall–Kier alpha value is -2.73. The van der Waals surface area contributed by atoms with Crippen LogP contribution in [0.1, 0.15) is 25.0 Å². The number of hydrogen-bond acceptors (Lipinski definition) is 3. The molecule has 0 bridgehead atoms. The van der Waals surface area contributed by atoms with Crippen LogP contribution in [0.2, 0.25) is 5.02 Å². The molecular formula is C20H22ClN3O3. The summed E-state index contributed by atoms with van der Waals surface area (Å²) in [6.45, 7) is 4.99. The number of hydrogen-bond donors (Lipinski definition) is 2. The zero-order valence-corrected chi connectivity index (χ0v) is 16.0. The number of carbonyl (C=O) groups is 2. The number of rotatable bonds is 4. The van der Waals surface area contributed by atoms with Gasteiger partial charge in [0.15, 0.2) is 6.10 Å². The van der Waals surface area contributed by atoms with Crippen LogP contribution >= 0.6 is 11.6 Å². The molecule has 6 nitrogen and oxygen atoms in total. The molecule has 1 heterocycles. The molecule has 0 saturated heterocycles. The van der Waals surface area contributed by atoms with Crippen LogP contribution in [0.3, 0.4) is 0 Å². The van der Waals surface area contributed by atoms with Crippen molar-refractivity contribution in [2.24, 2.45) is 0 Å². The molecule has 1 atom stereocenters. The van der Waals surface area contributed by atoms with Crippen LogP contribution < -0.4 is 15.4 Å². The highest BCUT2D eigenvalue weighted by atomic mass is 35.5. The molecule has 2 aromatic rings. The molecule has 3 amide bonds. The van der Waals surface area contributed by atoms with Gasteiger partial charge in [-0.1, -0.05) is 23.7 Å². The summed E-state index contributed by atoms with van der Waals surface area (Å²) in [5, 5.41) is 6.13. The summed E-state index contributed by atoms with van der Waals surface area (Å²) in [6, 6.07) is 12.5. The Kier molecular flexibility index (Phi) is 5.86. The number of nitrogens with one attached hydrogen (secondary N) is 2. The lowest BCUT2D eigenvalue weighted by Crippen LogP contribution is -2.37. The fourth-order valence-electron chi connectivity index (χ4n) is 2.96. The lowest BCUT2D eigenvalue weighted by atomic mass is 10.1. The van der Waals surface area contributed by atoms with E-state index in [9.17, 15) is 9.59 Å². The number of carbonyl (C=O) groups excluding carboxylic acids is 2. The molecule has 2 N–H and O–H groups in total. The molecule has 0 radical (unpaired) electrons. The normalized spacial score (nSPS) is 16.2. The predicted octanol–water partition coefficient (Wildman–Crippen LogP) is 3.79. The van der Waals surface area contributed by atoms with Crippen molar-refractivity contribution in [3.63, 3.8) is 0 Å². The van der Waals surface area contributed by atoms with E-state index in [0.29, 0.717) is 36.1 Å². The van der Waals surface area contributed by atoms with E-state index in [2.05, 4.69) is 10.6 Å². The van der Waals surface area contributed by atoms with Crippen molar-refractivity contribution in [1.82, 2.24) is 10.2 Å². The molecule has 27 heavy (non-hydrogen) atoms. The minimum atomic E-state index is -0.583. The Labute approximate surface area is 163 Å². The van der Waals surface area contributed by atoms with Gasteiger partial charge >= 0.3 is 6.03 Å². The van der Waals surface area contributed by atoms with E-state index in [4.69, 9.17) is 16.3 Å². The monoisotopic (exact) mass is 387 g/mol. The highest BCUT2D eigenvalue weighted by Crippen LogP contribution is 2.29. The molecule has 0 aromatic heterocycles. The second-order valence-electron chi connectivity index (χ2n) is 6.39. The zero-order chi connectivity index (χ0) is 19.4. The maximum absolute atomic E-state index is 12.7. The number of fused-ring (bicyclic) bond motifs is 1. The van der Waals surface area contributed by atoms with Gasteiger partial charge in [0.2, 0.25) is 0 Å². The Morgan fingerprint density at radius 2 is 2.00 bits per heavy atom. The Morgan fingerprint density at radius 3 is 2.70 bits per heavy atom. The number of anilines is 1. The first-order valence-corrected chi connectivity index (χ1v) is 9.21. The van der Waals surface area contributed by atoms with Gasteiger partial charge in [-0.25, -0.2) is 4.79 Å². The number of amides is 3. The molecule has 0 spiro atoms. The van der Waals surface area contributed by atoms with E-state index in [1.54, 1.807) is 36.1 Å². The van der Waals surface area contributed by atoms with Gasteiger partial charge in [0, 0.05) is 35.9 Å². The van der Waals surface area contributed by atoms with Gasteiger partial charge in [-0.05, 0) is 49.7 Å². The summed E-state index contributed by atoms with van der Waals surface area (Å²) in [6.07, 6.45) is -0.583. The van der Waals surface area contributed by atoms with Gasteiger partial charge in [0.05, 0.1) is 0 Å². The van der Waals surface area contributed by atoms with Gasteiger partial charge in [0.1, 0.15) is 5.75 Å². The SMILES string of the molecule is CCNC(=O)Nc1ccc2c(c1)CN(Cc1ccc(Cl)cc1)C(=O)[C@@H](C)O2. The molecule has 2 aromatic carbocycles. The van der Waals surface area contributed by atoms with E-state index >= 15 is 0 Å². The molecule has 0 aliphatic carbocycles. The van der Waals surface area contributed by atoms with Crippen molar-refractivity contribution < 1.29 is 14.3 Å². The predicted molar refractivity (Wildman–Crippen MR) is 105 cm³/mol. The van der Waals surface area contributed by atoms with Gasteiger partial charge in [-0.3, -0.25) is 4.79 Å². The molecule has 142 valence electrons. The summed E-state index contributed by atoms with van der Waals surface area (Å²) in [7, 11) is 0. The summed E-state index contributed by atoms with van der Waals surface area (Å²) in [5.74, 6) is 0.565. The molecule has 3 rings (SSSR count). The average Bonchev–Trinajstić information content (AvgIpc) is 2.74. The zero-order valence-electron chi connectivity index (χ0n) is 15.3. The third kappa shape index (κ3) is 4.71. The third-order valence-corrected chi connectivity index (χ3v) is 4.52. The molecule has 0 fully saturated rings. The van der Waals surface area contributed by atoms with E-state index in [1.165, 1.54) is 0 Å². The second kappa shape index (κ2) is 8.31. The smallest absolute Gasteiger partial charge is 0.319 e. The van der Waals surface area contributed by atoms with Gasteiger partial charge in [-0.2, -0.15) is 0 Å². The molecular weight excluding hydrogens is 366 g/mol. The number of benzene rings is 2. The van der Waals surface area contributed by atoms with Crippen molar-refractivity contribution in [1.29, 1.82) is 0 Å². The van der Waals surface area contributed by atoms with E-state index in [-0.39, 0.29) is 11.9 Å². The number of halogens is 1. The van der Waals surface area contributed by atoms with E-state index < -0.39 is 6.10 Å². The summed E-state index contributed by atoms with van der Waals surface area (Å²) in [4.78, 5) is 26.2. The number of urea groups is 1. The average molecular weight is 388 g/mol. The second-order valence-corrected chi connectivity index (χ2v) is 6.82. The summed E-state index contributed by atoms with van der Waals surface area (Å²) >= 11 is 5.94. The molecule has 1 aliphatic rings. The van der Waals surface area contributed by atoms with Crippen LogP contribution in [0.25, 0.3) is 0 Å². The largest absolute Gasteiger partial charge is 0.481 e. The topological polar surface area (TPSA) is 70.7 Å². The first kappa shape index (κ1) is 19.0. The standard InChI is InChI=1S/C20H22ClN3O3/c1-3-22-20(26)23-17-8-9-18-15(10-17)12-24(19(25)13(2)27-18)11-14-4-6-16(21)7-5-14/h4-10,13H,3,11-12H2,1-2H3,(H2,22,23,26)/t13-/m1/s1. The maximum Gasteiger partial charge on any atom is 0.319 e. The lowest BCUT2D eigenvalue weighted by Gasteiger charge is -2.22. The van der Waals surface area contributed by atoms with Crippen LogP contribution in [0, 0.1) is 0 Å². The first-order chi connectivity index (χ1) is 13.0. The molecule has 0 saturated carbocycles. The van der Waals surface area contributed by atoms with Gasteiger partial charge in [0.25, 0.3) is 5.91 Å². The van der Waals surface area contributed by atoms with Crippen LogP contribution in [-0.4, -0.2) is 29.5 Å². The third-order valence-electron chi connectivity index (χ3n) is 4.27. The quantitative estimate of drug-likeness (QED) is 0.838. The van der Waals surface area contributed by atoms with Crippen molar-refractivity contribution in [2.75, 3.05) is 11.9 Å². The summed E-state index contributed by atoms with van der Waals surface area (Å²) in [5.41, 5.74) is 2.48. The Balaban J connectivity index is 1.83. The highest BCUT2D eigenvalue weighted by molar-refractivity contribution is 6.30. The molecule has 7 heteroatoms. The molecule has 1 aliphatic heterocycles. The fraction of sp³-hybridized carbons (Fsp3) is 0.300. The van der Waals surface area contributed by atoms with Crippen molar-refractivity contribution in [3.05, 3.63) is 58.6 Å². The van der Waals surface area contributed by atoms with Crippen LogP contribution in [0.15, 0.2) is 42.5 Å². The fourth-order valence-corrected chi connectivity index (χ4v) is 3.08. The lowest BCUT2D eigenvalue weighted by molar-refractivity contribution is -0.138. The van der Waals surface area contributed by atoms with Crippen molar-refractivity contribution in [3.8, 4) is 5.75 Å². The summed E-state index contributed by atoms with van der Waals surface area (Å²) < 4.78 is 5.82. The minimum absolute atomic E-state index is 0.0839. The van der Waals surface area contributed by atoms with Crippen LogP contribution in [0.5, 0.6) is 5.75 Å². The number of ether oxygens (including phenoxy) is 1. The van der Waals surface area contributed by atoms with Gasteiger partial charge < -0.3 is 20.3 Å².